The van der Waals surface area contributed by atoms with Gasteiger partial charge in [-0.05, 0) is 12.1 Å². The third-order valence-electron chi connectivity index (χ3n) is 2.54. The lowest BCUT2D eigenvalue weighted by Gasteiger charge is -2.20. The van der Waals surface area contributed by atoms with Gasteiger partial charge in [0.1, 0.15) is 6.54 Å². The number of benzene rings is 1. The SMILES string of the molecule is CN(CC(=O)O)C(=O)CN(C)C(=O)c1ccccc1. The fourth-order valence-electron chi connectivity index (χ4n) is 1.49. The Hall–Kier alpha value is -2.37. The number of nitrogens with zero attached hydrogens (tertiary/aromatic N) is 2. The molecular weight excluding hydrogens is 248 g/mol. The molecule has 0 heterocycles. The highest BCUT2D eigenvalue weighted by Gasteiger charge is 2.18. The van der Waals surface area contributed by atoms with Gasteiger partial charge in [0.2, 0.25) is 5.91 Å². The highest BCUT2D eigenvalue weighted by Crippen LogP contribution is 2.03. The van der Waals surface area contributed by atoms with Gasteiger partial charge in [-0.2, -0.15) is 0 Å². The smallest absolute Gasteiger partial charge is 0.323 e. The van der Waals surface area contributed by atoms with Crippen molar-refractivity contribution in [2.24, 2.45) is 0 Å². The number of amides is 2. The first-order chi connectivity index (χ1) is 8.91. The van der Waals surface area contributed by atoms with Crippen LogP contribution in [0.5, 0.6) is 0 Å². The van der Waals surface area contributed by atoms with Crippen LogP contribution in [0, 0.1) is 0 Å². The van der Waals surface area contributed by atoms with Crippen molar-refractivity contribution in [3.8, 4) is 0 Å². The third-order valence-corrected chi connectivity index (χ3v) is 2.54. The maximum Gasteiger partial charge on any atom is 0.323 e. The van der Waals surface area contributed by atoms with E-state index in [0.29, 0.717) is 5.56 Å². The zero-order valence-corrected chi connectivity index (χ0v) is 10.9. The van der Waals surface area contributed by atoms with Crippen LogP contribution in [0.3, 0.4) is 0 Å². The summed E-state index contributed by atoms with van der Waals surface area (Å²) in [7, 11) is 2.89. The number of hydrogen-bond acceptors (Lipinski definition) is 3. The summed E-state index contributed by atoms with van der Waals surface area (Å²) in [6.07, 6.45) is 0. The van der Waals surface area contributed by atoms with E-state index in [2.05, 4.69) is 0 Å². The van der Waals surface area contributed by atoms with Crippen molar-refractivity contribution in [3.63, 3.8) is 0 Å². The first kappa shape index (κ1) is 14.7. The van der Waals surface area contributed by atoms with Crippen LogP contribution in [0.2, 0.25) is 0 Å². The fourth-order valence-corrected chi connectivity index (χ4v) is 1.49. The molecular formula is C13H16N2O4. The van der Waals surface area contributed by atoms with Crippen LogP contribution in [0.4, 0.5) is 0 Å². The molecule has 0 radical (unpaired) electrons. The van der Waals surface area contributed by atoms with E-state index >= 15 is 0 Å². The Morgan fingerprint density at radius 2 is 1.58 bits per heavy atom. The number of aliphatic carboxylic acids is 1. The van der Waals surface area contributed by atoms with Gasteiger partial charge in [0.25, 0.3) is 5.91 Å². The summed E-state index contributed by atoms with van der Waals surface area (Å²) in [5.41, 5.74) is 0.485. The van der Waals surface area contributed by atoms with E-state index < -0.39 is 11.9 Å². The second-order valence-corrected chi connectivity index (χ2v) is 4.17. The van der Waals surface area contributed by atoms with Crippen molar-refractivity contribution < 1.29 is 19.5 Å². The molecule has 0 aliphatic rings. The molecule has 0 fully saturated rings. The molecule has 0 aromatic heterocycles. The molecule has 1 N–H and O–H groups in total. The van der Waals surface area contributed by atoms with Crippen molar-refractivity contribution >= 4 is 17.8 Å². The maximum atomic E-state index is 12.0. The molecule has 0 atom stereocenters. The van der Waals surface area contributed by atoms with Crippen LogP contribution in [-0.4, -0.2) is 59.9 Å². The second kappa shape index (κ2) is 6.53. The minimum absolute atomic E-state index is 0.155. The number of carboxylic acids is 1. The molecule has 19 heavy (non-hydrogen) atoms. The molecule has 1 rings (SSSR count). The van der Waals surface area contributed by atoms with Crippen LogP contribution in [0.1, 0.15) is 10.4 Å². The molecule has 0 saturated heterocycles. The van der Waals surface area contributed by atoms with Crippen molar-refractivity contribution in [2.45, 2.75) is 0 Å². The Balaban J connectivity index is 2.60. The van der Waals surface area contributed by atoms with Crippen LogP contribution < -0.4 is 0 Å². The number of rotatable bonds is 5. The summed E-state index contributed by atoms with van der Waals surface area (Å²) in [6, 6.07) is 8.58. The number of hydrogen-bond donors (Lipinski definition) is 1. The van der Waals surface area contributed by atoms with Crippen LogP contribution in [0.15, 0.2) is 30.3 Å². The van der Waals surface area contributed by atoms with Gasteiger partial charge in [-0.25, -0.2) is 0 Å². The first-order valence-corrected chi connectivity index (χ1v) is 5.68. The minimum Gasteiger partial charge on any atom is -0.480 e. The second-order valence-electron chi connectivity index (χ2n) is 4.17. The lowest BCUT2D eigenvalue weighted by atomic mass is 10.2. The number of carbonyl (C=O) groups is 3. The van der Waals surface area contributed by atoms with Gasteiger partial charge in [-0.3, -0.25) is 14.4 Å². The molecule has 0 saturated carbocycles. The normalized spacial score (nSPS) is 9.79. The fraction of sp³-hybridized carbons (Fsp3) is 0.308. The van der Waals surface area contributed by atoms with Crippen molar-refractivity contribution in [2.75, 3.05) is 27.2 Å². The highest BCUT2D eigenvalue weighted by molar-refractivity contribution is 5.96. The molecule has 1 aromatic rings. The van der Waals surface area contributed by atoms with E-state index in [4.69, 9.17) is 5.11 Å². The van der Waals surface area contributed by atoms with Gasteiger partial charge < -0.3 is 14.9 Å². The van der Waals surface area contributed by atoms with Gasteiger partial charge in [-0.15, -0.1) is 0 Å². The lowest BCUT2D eigenvalue weighted by molar-refractivity contribution is -0.143. The molecule has 6 nitrogen and oxygen atoms in total. The molecule has 0 spiro atoms. The molecule has 0 aliphatic heterocycles. The summed E-state index contributed by atoms with van der Waals surface area (Å²) in [5.74, 6) is -1.79. The largest absolute Gasteiger partial charge is 0.480 e. The maximum absolute atomic E-state index is 12.0. The van der Waals surface area contributed by atoms with Gasteiger partial charge >= 0.3 is 5.97 Å². The summed E-state index contributed by atoms with van der Waals surface area (Å²) < 4.78 is 0. The Morgan fingerprint density at radius 3 is 2.11 bits per heavy atom. The first-order valence-electron chi connectivity index (χ1n) is 5.68. The molecule has 102 valence electrons. The van der Waals surface area contributed by atoms with Gasteiger partial charge in [0.15, 0.2) is 0 Å². The average molecular weight is 264 g/mol. The molecule has 0 bridgehead atoms. The summed E-state index contributed by atoms with van der Waals surface area (Å²) in [6.45, 7) is -0.538. The van der Waals surface area contributed by atoms with E-state index in [-0.39, 0.29) is 19.0 Å². The zero-order valence-electron chi connectivity index (χ0n) is 10.9. The Labute approximate surface area is 111 Å². The predicted molar refractivity (Wildman–Crippen MR) is 68.7 cm³/mol. The topological polar surface area (TPSA) is 77.9 Å². The number of carboxylic acid groups (broad SMARTS) is 1. The Kier molecular flexibility index (Phi) is 5.05. The Morgan fingerprint density at radius 1 is 1.00 bits per heavy atom. The van der Waals surface area contributed by atoms with Crippen molar-refractivity contribution in [3.05, 3.63) is 35.9 Å². The van der Waals surface area contributed by atoms with E-state index in [1.165, 1.54) is 19.0 Å². The summed E-state index contributed by atoms with van der Waals surface area (Å²) in [5, 5.41) is 8.58. The number of likely N-dealkylation sites (N-methyl/N-ethyl adjacent to an activating group) is 2. The van der Waals surface area contributed by atoms with Gasteiger partial charge in [-0.1, -0.05) is 18.2 Å². The van der Waals surface area contributed by atoms with E-state index in [1.807, 2.05) is 0 Å². The van der Waals surface area contributed by atoms with Gasteiger partial charge in [0, 0.05) is 19.7 Å². The highest BCUT2D eigenvalue weighted by atomic mass is 16.4. The van der Waals surface area contributed by atoms with Crippen molar-refractivity contribution in [1.82, 2.24) is 9.80 Å². The van der Waals surface area contributed by atoms with E-state index in [0.717, 1.165) is 4.90 Å². The minimum atomic E-state index is -1.09. The predicted octanol–water partition coefficient (Wildman–Crippen LogP) is 0.302. The lowest BCUT2D eigenvalue weighted by Crippen LogP contribution is -2.41. The summed E-state index contributed by atoms with van der Waals surface area (Å²) in [4.78, 5) is 36.5. The zero-order chi connectivity index (χ0) is 14.4. The Bertz CT molecular complexity index is 473. The van der Waals surface area contributed by atoms with Crippen molar-refractivity contribution in [1.29, 1.82) is 0 Å². The van der Waals surface area contributed by atoms with Crippen LogP contribution in [-0.2, 0) is 9.59 Å². The standard InChI is InChI=1S/C13H16N2O4/c1-14(9-12(17)18)11(16)8-15(2)13(19)10-6-4-3-5-7-10/h3-7H,8-9H2,1-2H3,(H,17,18). The molecule has 0 unspecified atom stereocenters. The van der Waals surface area contributed by atoms with Crippen LogP contribution >= 0.6 is 0 Å². The van der Waals surface area contributed by atoms with Crippen LogP contribution in [0.25, 0.3) is 0 Å². The average Bonchev–Trinajstić information content (AvgIpc) is 2.37. The van der Waals surface area contributed by atoms with E-state index in [1.54, 1.807) is 30.3 Å². The molecule has 1 aromatic carbocycles. The third kappa shape index (κ3) is 4.42. The monoisotopic (exact) mass is 264 g/mol. The number of carbonyl (C=O) groups excluding carboxylic acids is 2. The molecule has 0 aliphatic carbocycles. The molecule has 6 heteroatoms. The van der Waals surface area contributed by atoms with E-state index in [9.17, 15) is 14.4 Å². The van der Waals surface area contributed by atoms with Gasteiger partial charge in [0.05, 0.1) is 6.54 Å². The molecule has 2 amide bonds. The summed E-state index contributed by atoms with van der Waals surface area (Å²) >= 11 is 0. The quantitative estimate of drug-likeness (QED) is 0.829.